The van der Waals surface area contributed by atoms with Crippen LogP contribution < -0.4 is 10.9 Å². The van der Waals surface area contributed by atoms with Crippen molar-refractivity contribution in [3.05, 3.63) is 17.1 Å². The number of imidazole rings is 1. The number of hydrogen-bond acceptors (Lipinski definition) is 6. The van der Waals surface area contributed by atoms with Crippen molar-refractivity contribution in [2.75, 3.05) is 12.3 Å². The van der Waals surface area contributed by atoms with Gasteiger partial charge in [-0.25, -0.2) is 23.5 Å². The maximum absolute atomic E-state index is 11.5. The van der Waals surface area contributed by atoms with Gasteiger partial charge in [-0.3, -0.25) is 0 Å². The SMILES string of the molecule is CCOCc1nc2c(N)nc3c(c2n1CCCC(C)S(N)(=O)=O)CCCC3. The molecule has 1 aliphatic rings. The molecule has 2 heterocycles. The molecule has 1 aliphatic carbocycles. The Bertz CT molecular complexity index is 923. The van der Waals surface area contributed by atoms with Gasteiger partial charge in [0, 0.05) is 18.8 Å². The molecular weight excluding hydrogens is 366 g/mol. The Labute approximate surface area is 160 Å². The summed E-state index contributed by atoms with van der Waals surface area (Å²) in [5.74, 6) is 1.27. The minimum atomic E-state index is -3.51. The fraction of sp³-hybridized carbons (Fsp3) is 0.667. The van der Waals surface area contributed by atoms with E-state index in [1.54, 1.807) is 6.92 Å². The standard InChI is InChI=1S/C18H29N5O3S/c1-3-26-11-15-22-16-17(13-8-4-5-9-14(13)21-18(16)19)23(15)10-6-7-12(2)27(20,24)25/h12H,3-11H2,1-2H3,(H2,19,21)(H2,20,24,25). The van der Waals surface area contributed by atoms with E-state index in [9.17, 15) is 8.42 Å². The Balaban J connectivity index is 1.98. The first kappa shape index (κ1) is 20.0. The molecular formula is C18H29N5O3S. The summed E-state index contributed by atoms with van der Waals surface area (Å²) in [5, 5.41) is 4.68. The lowest BCUT2D eigenvalue weighted by atomic mass is 9.95. The van der Waals surface area contributed by atoms with Crippen molar-refractivity contribution in [3.63, 3.8) is 0 Å². The molecule has 150 valence electrons. The average molecular weight is 396 g/mol. The first-order chi connectivity index (χ1) is 12.8. The highest BCUT2D eigenvalue weighted by Gasteiger charge is 2.23. The average Bonchev–Trinajstić information content (AvgIpc) is 2.98. The minimum absolute atomic E-state index is 0.393. The Morgan fingerprint density at radius 3 is 2.70 bits per heavy atom. The zero-order chi connectivity index (χ0) is 19.6. The predicted octanol–water partition coefficient (Wildman–Crippen LogP) is 1.89. The van der Waals surface area contributed by atoms with Crippen molar-refractivity contribution < 1.29 is 13.2 Å². The van der Waals surface area contributed by atoms with Crippen LogP contribution in [0.25, 0.3) is 11.0 Å². The van der Waals surface area contributed by atoms with Crippen LogP contribution in [0.3, 0.4) is 0 Å². The molecule has 1 unspecified atom stereocenters. The second-order valence-electron chi connectivity index (χ2n) is 7.19. The van der Waals surface area contributed by atoms with E-state index in [1.807, 2.05) is 6.92 Å². The van der Waals surface area contributed by atoms with Crippen LogP contribution in [-0.2, 0) is 40.8 Å². The quantitative estimate of drug-likeness (QED) is 0.703. The first-order valence-corrected chi connectivity index (χ1v) is 11.2. The van der Waals surface area contributed by atoms with Crippen LogP contribution in [0.15, 0.2) is 0 Å². The maximum atomic E-state index is 11.5. The lowest BCUT2D eigenvalue weighted by molar-refractivity contribution is 0.126. The highest BCUT2D eigenvalue weighted by Crippen LogP contribution is 2.32. The number of primary sulfonamides is 1. The lowest BCUT2D eigenvalue weighted by Crippen LogP contribution is -2.26. The van der Waals surface area contributed by atoms with Crippen LogP contribution in [0.2, 0.25) is 0 Å². The molecule has 0 bridgehead atoms. The van der Waals surface area contributed by atoms with Gasteiger partial charge >= 0.3 is 0 Å². The normalized spacial score (nSPS) is 15.8. The van der Waals surface area contributed by atoms with Crippen molar-refractivity contribution in [1.82, 2.24) is 14.5 Å². The van der Waals surface area contributed by atoms with E-state index in [0.717, 1.165) is 48.2 Å². The molecule has 9 heteroatoms. The molecule has 2 aromatic heterocycles. The van der Waals surface area contributed by atoms with Gasteiger partial charge in [-0.15, -0.1) is 0 Å². The number of anilines is 1. The number of nitrogens with zero attached hydrogens (tertiary/aromatic N) is 3. The fourth-order valence-corrected chi connectivity index (χ4v) is 4.19. The summed E-state index contributed by atoms with van der Waals surface area (Å²) in [5.41, 5.74) is 10.3. The van der Waals surface area contributed by atoms with Crippen molar-refractivity contribution in [1.29, 1.82) is 0 Å². The highest BCUT2D eigenvalue weighted by atomic mass is 32.2. The Morgan fingerprint density at radius 1 is 1.26 bits per heavy atom. The van der Waals surface area contributed by atoms with Gasteiger partial charge in [0.15, 0.2) is 5.82 Å². The van der Waals surface area contributed by atoms with E-state index < -0.39 is 15.3 Å². The molecule has 0 saturated heterocycles. The van der Waals surface area contributed by atoms with Crippen LogP contribution in [0.1, 0.15) is 56.6 Å². The zero-order valence-corrected chi connectivity index (χ0v) is 16.9. The molecule has 8 nitrogen and oxygen atoms in total. The van der Waals surface area contributed by atoms with Gasteiger partial charge < -0.3 is 15.0 Å². The Kier molecular flexibility index (Phi) is 6.02. The summed E-state index contributed by atoms with van der Waals surface area (Å²) in [6, 6.07) is 0. The summed E-state index contributed by atoms with van der Waals surface area (Å²) >= 11 is 0. The number of fused-ring (bicyclic) bond motifs is 3. The van der Waals surface area contributed by atoms with Gasteiger partial charge in [0.1, 0.15) is 17.9 Å². The molecule has 0 amide bonds. The Hall–Kier alpha value is -1.71. The molecule has 0 saturated carbocycles. The van der Waals surface area contributed by atoms with Gasteiger partial charge in [0.2, 0.25) is 10.0 Å². The number of aryl methyl sites for hydroxylation is 3. The van der Waals surface area contributed by atoms with Crippen LogP contribution in [0.5, 0.6) is 0 Å². The molecule has 1 atom stereocenters. The number of ether oxygens (including phenoxy) is 1. The number of sulfonamides is 1. The van der Waals surface area contributed by atoms with Gasteiger partial charge in [-0.1, -0.05) is 0 Å². The van der Waals surface area contributed by atoms with Crippen LogP contribution in [0, 0.1) is 0 Å². The lowest BCUT2D eigenvalue weighted by Gasteiger charge is -2.19. The van der Waals surface area contributed by atoms with Crippen molar-refractivity contribution in [2.24, 2.45) is 5.14 Å². The molecule has 2 aromatic rings. The van der Waals surface area contributed by atoms with E-state index in [2.05, 4.69) is 9.55 Å². The van der Waals surface area contributed by atoms with E-state index in [4.69, 9.17) is 20.6 Å². The van der Waals surface area contributed by atoms with Crippen LogP contribution in [0.4, 0.5) is 5.82 Å². The zero-order valence-electron chi connectivity index (χ0n) is 16.1. The van der Waals surface area contributed by atoms with Gasteiger partial charge in [0.05, 0.1) is 10.8 Å². The number of nitrogen functional groups attached to an aromatic ring is 1. The minimum Gasteiger partial charge on any atom is -0.382 e. The maximum Gasteiger partial charge on any atom is 0.211 e. The third-order valence-electron chi connectivity index (χ3n) is 5.26. The third-order valence-corrected chi connectivity index (χ3v) is 6.62. The van der Waals surface area contributed by atoms with E-state index in [0.29, 0.717) is 38.4 Å². The van der Waals surface area contributed by atoms with E-state index in [-0.39, 0.29) is 0 Å². The number of hydrogen-bond donors (Lipinski definition) is 2. The fourth-order valence-electron chi connectivity index (χ4n) is 3.70. The number of nitrogens with two attached hydrogens (primary N) is 2. The van der Waals surface area contributed by atoms with Gasteiger partial charge in [-0.05, 0) is 57.9 Å². The molecule has 27 heavy (non-hydrogen) atoms. The number of rotatable bonds is 8. The van der Waals surface area contributed by atoms with Crippen molar-refractivity contribution in [3.8, 4) is 0 Å². The monoisotopic (exact) mass is 395 g/mol. The Morgan fingerprint density at radius 2 is 2.00 bits per heavy atom. The molecule has 0 spiro atoms. The topological polar surface area (TPSA) is 126 Å². The molecule has 0 aliphatic heterocycles. The second-order valence-corrected chi connectivity index (χ2v) is 9.17. The van der Waals surface area contributed by atoms with Crippen LogP contribution >= 0.6 is 0 Å². The van der Waals surface area contributed by atoms with Crippen molar-refractivity contribution >= 4 is 26.9 Å². The van der Waals surface area contributed by atoms with Crippen molar-refractivity contribution in [2.45, 2.75) is 70.8 Å². The van der Waals surface area contributed by atoms with E-state index >= 15 is 0 Å². The van der Waals surface area contributed by atoms with Gasteiger partial charge in [0.25, 0.3) is 0 Å². The molecule has 4 N–H and O–H groups in total. The van der Waals surface area contributed by atoms with E-state index in [1.165, 1.54) is 5.56 Å². The number of aromatic nitrogens is 3. The first-order valence-electron chi connectivity index (χ1n) is 9.58. The molecule has 0 fully saturated rings. The summed E-state index contributed by atoms with van der Waals surface area (Å²) in [6.45, 7) is 5.22. The predicted molar refractivity (Wildman–Crippen MR) is 106 cm³/mol. The molecule has 0 aromatic carbocycles. The van der Waals surface area contributed by atoms with Crippen LogP contribution in [-0.4, -0.2) is 34.8 Å². The number of pyridine rings is 1. The molecule has 3 rings (SSSR count). The largest absolute Gasteiger partial charge is 0.382 e. The summed E-state index contributed by atoms with van der Waals surface area (Å²) in [4.78, 5) is 9.29. The molecule has 0 radical (unpaired) electrons. The highest BCUT2D eigenvalue weighted by molar-refractivity contribution is 7.89. The van der Waals surface area contributed by atoms with Gasteiger partial charge in [-0.2, -0.15) is 0 Å². The summed E-state index contributed by atoms with van der Waals surface area (Å²) in [7, 11) is -3.51. The smallest absolute Gasteiger partial charge is 0.211 e. The summed E-state index contributed by atoms with van der Waals surface area (Å²) in [6.07, 6.45) is 5.32. The third kappa shape index (κ3) is 4.25. The second kappa shape index (κ2) is 8.12. The summed E-state index contributed by atoms with van der Waals surface area (Å²) < 4.78 is 30.7.